The normalized spacial score (nSPS) is 11.7. The van der Waals surface area contributed by atoms with E-state index in [1.54, 1.807) is 37.5 Å². The van der Waals surface area contributed by atoms with Crippen LogP contribution >= 0.6 is 0 Å². The lowest BCUT2D eigenvalue weighted by molar-refractivity contribution is -0.139. The van der Waals surface area contributed by atoms with E-state index in [1.807, 2.05) is 0 Å². The highest BCUT2D eigenvalue weighted by molar-refractivity contribution is 5.96. The zero-order valence-electron chi connectivity index (χ0n) is 11.5. The molecule has 20 heavy (non-hydrogen) atoms. The SMILES string of the molecule is C=CCCC(NC(=O)c1ccc(COC)cc1)C(=O)O. The summed E-state index contributed by atoms with van der Waals surface area (Å²) in [5.74, 6) is -1.44. The average molecular weight is 277 g/mol. The van der Waals surface area contributed by atoms with Crippen LogP contribution < -0.4 is 5.32 Å². The minimum atomic E-state index is -1.05. The first-order valence-corrected chi connectivity index (χ1v) is 6.31. The van der Waals surface area contributed by atoms with Gasteiger partial charge >= 0.3 is 5.97 Å². The smallest absolute Gasteiger partial charge is 0.326 e. The van der Waals surface area contributed by atoms with Gasteiger partial charge in [0.1, 0.15) is 6.04 Å². The van der Waals surface area contributed by atoms with Gasteiger partial charge in [-0.25, -0.2) is 4.79 Å². The number of benzene rings is 1. The molecule has 1 atom stereocenters. The number of hydrogen-bond donors (Lipinski definition) is 2. The van der Waals surface area contributed by atoms with Crippen molar-refractivity contribution in [1.29, 1.82) is 0 Å². The zero-order chi connectivity index (χ0) is 15.0. The Morgan fingerprint density at radius 1 is 1.40 bits per heavy atom. The maximum absolute atomic E-state index is 12.0. The minimum absolute atomic E-state index is 0.326. The van der Waals surface area contributed by atoms with Gasteiger partial charge in [0.2, 0.25) is 0 Å². The summed E-state index contributed by atoms with van der Waals surface area (Å²) >= 11 is 0. The van der Waals surface area contributed by atoms with Crippen molar-refractivity contribution in [1.82, 2.24) is 5.32 Å². The van der Waals surface area contributed by atoms with E-state index in [1.165, 1.54) is 0 Å². The van der Waals surface area contributed by atoms with E-state index in [0.29, 0.717) is 25.0 Å². The van der Waals surface area contributed by atoms with Crippen molar-refractivity contribution in [3.8, 4) is 0 Å². The van der Waals surface area contributed by atoms with Crippen molar-refractivity contribution >= 4 is 11.9 Å². The molecule has 1 unspecified atom stereocenters. The molecular formula is C15H19NO4. The molecule has 0 fully saturated rings. The fourth-order valence-electron chi connectivity index (χ4n) is 1.70. The summed E-state index contributed by atoms with van der Waals surface area (Å²) in [6.07, 6.45) is 2.48. The number of hydrogen-bond acceptors (Lipinski definition) is 3. The van der Waals surface area contributed by atoms with Gasteiger partial charge in [0.15, 0.2) is 0 Å². The third kappa shape index (κ3) is 4.85. The second-order valence-electron chi connectivity index (χ2n) is 4.36. The van der Waals surface area contributed by atoms with Crippen LogP contribution in [0.2, 0.25) is 0 Å². The molecule has 0 aliphatic heterocycles. The predicted molar refractivity (Wildman–Crippen MR) is 75.5 cm³/mol. The highest BCUT2D eigenvalue weighted by atomic mass is 16.5. The largest absolute Gasteiger partial charge is 0.480 e. The number of carboxylic acids is 1. The molecule has 0 aliphatic carbocycles. The summed E-state index contributed by atoms with van der Waals surface area (Å²) in [5.41, 5.74) is 1.38. The van der Waals surface area contributed by atoms with E-state index in [-0.39, 0.29) is 0 Å². The number of methoxy groups -OCH3 is 1. The lowest BCUT2D eigenvalue weighted by Crippen LogP contribution is -2.40. The second-order valence-corrected chi connectivity index (χ2v) is 4.36. The van der Waals surface area contributed by atoms with E-state index < -0.39 is 17.9 Å². The summed E-state index contributed by atoms with van der Waals surface area (Å²) in [5, 5.41) is 11.5. The Labute approximate surface area is 118 Å². The Morgan fingerprint density at radius 2 is 2.05 bits per heavy atom. The number of carbonyl (C=O) groups excluding carboxylic acids is 1. The average Bonchev–Trinajstić information content (AvgIpc) is 2.44. The molecule has 5 nitrogen and oxygen atoms in total. The number of amides is 1. The van der Waals surface area contributed by atoms with Crippen LogP contribution in [0.1, 0.15) is 28.8 Å². The lowest BCUT2D eigenvalue weighted by Gasteiger charge is -2.13. The van der Waals surface area contributed by atoms with Gasteiger partial charge < -0.3 is 15.2 Å². The Hall–Kier alpha value is -2.14. The molecule has 2 N–H and O–H groups in total. The monoisotopic (exact) mass is 277 g/mol. The van der Waals surface area contributed by atoms with Crippen molar-refractivity contribution < 1.29 is 19.4 Å². The van der Waals surface area contributed by atoms with Crippen LogP contribution in [-0.2, 0) is 16.1 Å². The molecule has 1 amide bonds. The van der Waals surface area contributed by atoms with E-state index in [2.05, 4.69) is 11.9 Å². The molecule has 0 heterocycles. The number of rotatable bonds is 8. The first kappa shape index (κ1) is 15.9. The van der Waals surface area contributed by atoms with Gasteiger partial charge in [-0.05, 0) is 30.5 Å². The molecule has 0 aromatic heterocycles. The summed E-state index contributed by atoms with van der Waals surface area (Å²) < 4.78 is 4.98. The predicted octanol–water partition coefficient (Wildman–Crippen LogP) is 1.98. The van der Waals surface area contributed by atoms with Gasteiger partial charge in [-0.2, -0.15) is 0 Å². The fraction of sp³-hybridized carbons (Fsp3) is 0.333. The van der Waals surface area contributed by atoms with Crippen molar-refractivity contribution in [3.63, 3.8) is 0 Å². The molecule has 0 aliphatic rings. The molecule has 0 saturated heterocycles. The zero-order valence-corrected chi connectivity index (χ0v) is 11.5. The Bertz CT molecular complexity index is 467. The van der Waals surface area contributed by atoms with Crippen molar-refractivity contribution in [3.05, 3.63) is 48.0 Å². The van der Waals surface area contributed by atoms with Crippen LogP contribution in [0.4, 0.5) is 0 Å². The van der Waals surface area contributed by atoms with Gasteiger partial charge in [-0.3, -0.25) is 4.79 Å². The van der Waals surface area contributed by atoms with Gasteiger partial charge in [0.05, 0.1) is 6.61 Å². The maximum Gasteiger partial charge on any atom is 0.326 e. The standard InChI is InChI=1S/C15H19NO4/c1-3-4-5-13(15(18)19)16-14(17)12-8-6-11(7-9-12)10-20-2/h3,6-9,13H,1,4-5,10H2,2H3,(H,16,17)(H,18,19). The highest BCUT2D eigenvalue weighted by Gasteiger charge is 2.19. The van der Waals surface area contributed by atoms with Gasteiger partial charge in [-0.15, -0.1) is 6.58 Å². The van der Waals surface area contributed by atoms with Crippen molar-refractivity contribution in [2.75, 3.05) is 7.11 Å². The van der Waals surface area contributed by atoms with Gasteiger partial charge in [0, 0.05) is 12.7 Å². The summed E-state index contributed by atoms with van der Waals surface area (Å²) in [6, 6.07) is 5.95. The number of allylic oxidation sites excluding steroid dienone is 1. The molecular weight excluding hydrogens is 258 g/mol. The third-order valence-corrected chi connectivity index (χ3v) is 2.79. The molecule has 0 bridgehead atoms. The van der Waals surface area contributed by atoms with Gasteiger partial charge in [-0.1, -0.05) is 18.2 Å². The first-order valence-electron chi connectivity index (χ1n) is 6.31. The van der Waals surface area contributed by atoms with E-state index in [4.69, 9.17) is 9.84 Å². The van der Waals surface area contributed by atoms with E-state index in [9.17, 15) is 9.59 Å². The summed E-state index contributed by atoms with van der Waals surface area (Å²) in [4.78, 5) is 23.0. The second kappa shape index (κ2) is 8.12. The number of aliphatic carboxylic acids is 1. The third-order valence-electron chi connectivity index (χ3n) is 2.79. The van der Waals surface area contributed by atoms with Crippen LogP contribution in [-0.4, -0.2) is 30.1 Å². The van der Waals surface area contributed by atoms with Crippen molar-refractivity contribution in [2.24, 2.45) is 0 Å². The van der Waals surface area contributed by atoms with Crippen molar-refractivity contribution in [2.45, 2.75) is 25.5 Å². The topological polar surface area (TPSA) is 75.6 Å². The van der Waals surface area contributed by atoms with Gasteiger partial charge in [0.25, 0.3) is 5.91 Å². The molecule has 0 radical (unpaired) electrons. The highest BCUT2D eigenvalue weighted by Crippen LogP contribution is 2.07. The first-order chi connectivity index (χ1) is 9.58. The Balaban J connectivity index is 2.68. The lowest BCUT2D eigenvalue weighted by atomic mass is 10.1. The fourth-order valence-corrected chi connectivity index (χ4v) is 1.70. The molecule has 108 valence electrons. The molecule has 1 rings (SSSR count). The quantitative estimate of drug-likeness (QED) is 0.712. The minimum Gasteiger partial charge on any atom is -0.480 e. The van der Waals surface area contributed by atoms with Crippen LogP contribution in [0.5, 0.6) is 0 Å². The number of ether oxygens (including phenoxy) is 1. The van der Waals surface area contributed by atoms with E-state index in [0.717, 1.165) is 5.56 Å². The maximum atomic E-state index is 12.0. The van der Waals surface area contributed by atoms with E-state index >= 15 is 0 Å². The van der Waals surface area contributed by atoms with Crippen LogP contribution in [0.3, 0.4) is 0 Å². The Kier molecular flexibility index (Phi) is 6.46. The number of carboxylic acid groups (broad SMARTS) is 1. The molecule has 0 saturated carbocycles. The number of carbonyl (C=O) groups is 2. The molecule has 1 aromatic carbocycles. The summed E-state index contributed by atoms with van der Waals surface area (Å²) in [7, 11) is 1.59. The molecule has 0 spiro atoms. The van der Waals surface area contributed by atoms with Crippen LogP contribution in [0.15, 0.2) is 36.9 Å². The van der Waals surface area contributed by atoms with Crippen LogP contribution in [0, 0.1) is 0 Å². The number of nitrogens with one attached hydrogen (secondary N) is 1. The Morgan fingerprint density at radius 3 is 2.55 bits per heavy atom. The van der Waals surface area contributed by atoms with Crippen LogP contribution in [0.25, 0.3) is 0 Å². The molecule has 1 aromatic rings. The summed E-state index contributed by atoms with van der Waals surface area (Å²) in [6.45, 7) is 4.01. The molecule has 5 heteroatoms.